The van der Waals surface area contributed by atoms with Crippen molar-refractivity contribution in [2.45, 2.75) is 13.0 Å². The lowest BCUT2D eigenvalue weighted by molar-refractivity contribution is 0.205. The number of sulfone groups is 1. The van der Waals surface area contributed by atoms with Gasteiger partial charge in [0, 0.05) is 20.5 Å². The molecule has 0 aliphatic rings. The number of rotatable bonds is 3. The lowest BCUT2D eigenvalue weighted by Gasteiger charge is -2.05. The molecule has 6 heteroatoms. The summed E-state index contributed by atoms with van der Waals surface area (Å²) in [6.45, 7) is 1.91. The fourth-order valence-electron chi connectivity index (χ4n) is 1.01. The van der Waals surface area contributed by atoms with Gasteiger partial charge in [-0.2, -0.15) is 0 Å². The average Bonchev–Trinajstić information content (AvgIpc) is 2.28. The van der Waals surface area contributed by atoms with Crippen LogP contribution in [0, 0.1) is 6.92 Å². The lowest BCUT2D eigenvalue weighted by atomic mass is 10.3. The molecule has 0 fully saturated rings. The molecule has 1 unspecified atom stereocenters. The van der Waals surface area contributed by atoms with Crippen LogP contribution in [0.4, 0.5) is 0 Å². The Kier molecular flexibility index (Phi) is 3.74. The molecule has 0 aliphatic carbocycles. The van der Waals surface area contributed by atoms with Gasteiger partial charge in [-0.1, -0.05) is 0 Å². The molecule has 1 aromatic rings. The third-order valence-corrected chi connectivity index (χ3v) is 4.82. The maximum atomic E-state index is 10.9. The highest BCUT2D eigenvalue weighted by Gasteiger charge is 2.17. The predicted molar refractivity (Wildman–Crippen MR) is 61.4 cm³/mol. The Hall–Kier alpha value is 0.0900. The van der Waals surface area contributed by atoms with E-state index in [4.69, 9.17) is 0 Å². The first-order chi connectivity index (χ1) is 6.29. The molecule has 0 saturated carbocycles. The Balaban J connectivity index is 2.85. The van der Waals surface area contributed by atoms with Crippen molar-refractivity contribution in [1.82, 2.24) is 0 Å². The Morgan fingerprint density at radius 3 is 2.57 bits per heavy atom. The van der Waals surface area contributed by atoms with Crippen LogP contribution in [0.1, 0.15) is 15.9 Å². The van der Waals surface area contributed by atoms with E-state index in [1.165, 1.54) is 11.3 Å². The Bertz CT molecular complexity index is 402. The Labute approximate surface area is 95.8 Å². The predicted octanol–water partition coefficient (Wildman–Crippen LogP) is 1.90. The Morgan fingerprint density at radius 2 is 2.21 bits per heavy atom. The monoisotopic (exact) mass is 298 g/mol. The van der Waals surface area contributed by atoms with Crippen molar-refractivity contribution in [2.24, 2.45) is 0 Å². The number of aliphatic hydroxyl groups excluding tert-OH is 1. The van der Waals surface area contributed by atoms with Crippen molar-refractivity contribution in [1.29, 1.82) is 0 Å². The quantitative estimate of drug-likeness (QED) is 0.927. The summed E-state index contributed by atoms with van der Waals surface area (Å²) in [7, 11) is -3.13. The molecule has 3 nitrogen and oxygen atoms in total. The molecule has 0 radical (unpaired) electrons. The van der Waals surface area contributed by atoms with Crippen molar-refractivity contribution in [2.75, 3.05) is 12.0 Å². The van der Waals surface area contributed by atoms with Gasteiger partial charge in [0.1, 0.15) is 15.9 Å². The molecule has 1 N–H and O–H groups in total. The van der Waals surface area contributed by atoms with Gasteiger partial charge in [-0.15, -0.1) is 11.3 Å². The number of aryl methyl sites for hydroxylation is 1. The van der Waals surface area contributed by atoms with Gasteiger partial charge in [-0.05, 0) is 28.9 Å². The maximum absolute atomic E-state index is 10.9. The van der Waals surface area contributed by atoms with Crippen molar-refractivity contribution < 1.29 is 13.5 Å². The van der Waals surface area contributed by atoms with Crippen molar-refractivity contribution >= 4 is 37.1 Å². The van der Waals surface area contributed by atoms with Crippen molar-refractivity contribution in [3.05, 3.63) is 20.3 Å². The first-order valence-electron chi connectivity index (χ1n) is 3.91. The number of thiophene rings is 1. The van der Waals surface area contributed by atoms with E-state index in [2.05, 4.69) is 15.9 Å². The first kappa shape index (κ1) is 12.2. The van der Waals surface area contributed by atoms with Crippen LogP contribution in [0.3, 0.4) is 0 Å². The molecule has 1 rings (SSSR count). The number of hydrogen-bond acceptors (Lipinski definition) is 4. The van der Waals surface area contributed by atoms with Crippen LogP contribution < -0.4 is 0 Å². The van der Waals surface area contributed by atoms with Crippen molar-refractivity contribution in [3.8, 4) is 0 Å². The van der Waals surface area contributed by atoms with Crippen LogP contribution in [0.2, 0.25) is 0 Å². The van der Waals surface area contributed by atoms with E-state index in [1.54, 1.807) is 6.07 Å². The molecule has 1 atom stereocenters. The summed E-state index contributed by atoms with van der Waals surface area (Å²) in [6, 6.07) is 1.76. The minimum Gasteiger partial charge on any atom is -0.387 e. The summed E-state index contributed by atoms with van der Waals surface area (Å²) in [5.41, 5.74) is 0. The highest BCUT2D eigenvalue weighted by Crippen LogP contribution is 2.30. The van der Waals surface area contributed by atoms with Gasteiger partial charge >= 0.3 is 0 Å². The standard InChI is InChI=1S/C8H11BrO3S2/c1-5-6(9)3-8(13-5)7(10)4-14(2,11)12/h3,7,10H,4H2,1-2H3. The third kappa shape index (κ3) is 3.34. The van der Waals surface area contributed by atoms with Gasteiger partial charge in [-0.3, -0.25) is 0 Å². The molecule has 1 heterocycles. The van der Waals surface area contributed by atoms with Crippen LogP contribution in [0.25, 0.3) is 0 Å². The molecule has 0 saturated heterocycles. The third-order valence-electron chi connectivity index (χ3n) is 1.67. The molecule has 0 bridgehead atoms. The van der Waals surface area contributed by atoms with E-state index in [-0.39, 0.29) is 5.75 Å². The summed E-state index contributed by atoms with van der Waals surface area (Å²) in [4.78, 5) is 1.72. The summed E-state index contributed by atoms with van der Waals surface area (Å²) < 4.78 is 22.8. The van der Waals surface area contributed by atoms with Gasteiger partial charge in [0.25, 0.3) is 0 Å². The maximum Gasteiger partial charge on any atom is 0.150 e. The number of aliphatic hydroxyl groups is 1. The van der Waals surface area contributed by atoms with Gasteiger partial charge in [0.05, 0.1) is 5.75 Å². The zero-order valence-corrected chi connectivity index (χ0v) is 11.0. The average molecular weight is 299 g/mol. The van der Waals surface area contributed by atoms with Gasteiger partial charge in [0.2, 0.25) is 0 Å². The van der Waals surface area contributed by atoms with Crippen molar-refractivity contribution in [3.63, 3.8) is 0 Å². The van der Waals surface area contributed by atoms with Crippen LogP contribution in [-0.4, -0.2) is 25.5 Å². The van der Waals surface area contributed by atoms with E-state index in [1.807, 2.05) is 6.92 Å². The Morgan fingerprint density at radius 1 is 1.64 bits per heavy atom. The van der Waals surface area contributed by atoms with E-state index >= 15 is 0 Å². The van der Waals surface area contributed by atoms with E-state index in [0.29, 0.717) is 4.88 Å². The zero-order chi connectivity index (χ0) is 10.9. The second-order valence-corrected chi connectivity index (χ2v) is 7.49. The molecule has 0 amide bonds. The van der Waals surface area contributed by atoms with Crippen LogP contribution in [-0.2, 0) is 9.84 Å². The summed E-state index contributed by atoms with van der Waals surface area (Å²) in [6.07, 6.45) is 0.200. The highest BCUT2D eigenvalue weighted by atomic mass is 79.9. The normalized spacial score (nSPS) is 14.3. The molecular formula is C8H11BrO3S2. The number of hydrogen-bond donors (Lipinski definition) is 1. The van der Waals surface area contributed by atoms with E-state index in [0.717, 1.165) is 15.6 Å². The highest BCUT2D eigenvalue weighted by molar-refractivity contribution is 9.10. The zero-order valence-electron chi connectivity index (χ0n) is 7.82. The molecule has 80 valence electrons. The fraction of sp³-hybridized carbons (Fsp3) is 0.500. The second-order valence-electron chi connectivity index (χ2n) is 3.16. The summed E-state index contributed by atoms with van der Waals surface area (Å²) in [5, 5.41) is 9.60. The minimum absolute atomic E-state index is 0.223. The molecule has 0 aromatic carbocycles. The van der Waals surface area contributed by atoms with Crippen LogP contribution in [0.15, 0.2) is 10.5 Å². The molecule has 0 aliphatic heterocycles. The SMILES string of the molecule is Cc1sc(C(O)CS(C)(=O)=O)cc1Br. The smallest absolute Gasteiger partial charge is 0.150 e. The molecule has 14 heavy (non-hydrogen) atoms. The van der Waals surface area contributed by atoms with Gasteiger partial charge < -0.3 is 5.11 Å². The van der Waals surface area contributed by atoms with E-state index in [9.17, 15) is 13.5 Å². The van der Waals surface area contributed by atoms with Gasteiger partial charge in [0.15, 0.2) is 0 Å². The van der Waals surface area contributed by atoms with Crippen LogP contribution >= 0.6 is 27.3 Å². The number of halogens is 1. The lowest BCUT2D eigenvalue weighted by Crippen LogP contribution is -2.11. The van der Waals surface area contributed by atoms with Crippen LogP contribution in [0.5, 0.6) is 0 Å². The topological polar surface area (TPSA) is 54.4 Å². The summed E-state index contributed by atoms with van der Waals surface area (Å²) in [5.74, 6) is -0.223. The molecule has 1 aromatic heterocycles. The summed E-state index contributed by atoms with van der Waals surface area (Å²) >= 11 is 4.72. The molecule has 0 spiro atoms. The minimum atomic E-state index is -3.13. The second kappa shape index (κ2) is 4.30. The van der Waals surface area contributed by atoms with Gasteiger partial charge in [-0.25, -0.2) is 8.42 Å². The molecular weight excluding hydrogens is 288 g/mol. The fourth-order valence-corrected chi connectivity index (χ4v) is 3.42. The van der Waals surface area contributed by atoms with E-state index < -0.39 is 15.9 Å². The first-order valence-corrected chi connectivity index (χ1v) is 7.58. The largest absolute Gasteiger partial charge is 0.387 e.